The summed E-state index contributed by atoms with van der Waals surface area (Å²) in [4.78, 5) is 10.7. The van der Waals surface area contributed by atoms with E-state index in [2.05, 4.69) is 0 Å². The van der Waals surface area contributed by atoms with Gasteiger partial charge in [0.2, 0.25) is 0 Å². The monoisotopic (exact) mass is 212 g/mol. The minimum absolute atomic E-state index is 0.0587. The number of halogens is 1. The Morgan fingerprint density at radius 2 is 2.20 bits per heavy atom. The third-order valence-corrected chi connectivity index (χ3v) is 2.05. The molecule has 1 aromatic carbocycles. The van der Waals surface area contributed by atoms with Crippen LogP contribution < -0.4 is 0 Å². The molecule has 0 aromatic heterocycles. The highest BCUT2D eigenvalue weighted by atomic mass is 19.1. The molecule has 0 heterocycles. The summed E-state index contributed by atoms with van der Waals surface area (Å²) in [5.41, 5.74) is 0.478. The molecular formula is C11H13FO3. The van der Waals surface area contributed by atoms with Gasteiger partial charge in [-0.15, -0.1) is 0 Å². The Morgan fingerprint density at radius 3 is 2.73 bits per heavy atom. The summed E-state index contributed by atoms with van der Waals surface area (Å²) >= 11 is 0. The van der Waals surface area contributed by atoms with E-state index in [4.69, 9.17) is 9.84 Å². The van der Waals surface area contributed by atoms with Gasteiger partial charge in [-0.25, -0.2) is 9.18 Å². The summed E-state index contributed by atoms with van der Waals surface area (Å²) < 4.78 is 18.3. The van der Waals surface area contributed by atoms with E-state index >= 15 is 0 Å². The van der Waals surface area contributed by atoms with Gasteiger partial charge < -0.3 is 9.84 Å². The van der Waals surface area contributed by atoms with Crippen molar-refractivity contribution in [2.24, 2.45) is 0 Å². The van der Waals surface area contributed by atoms with Crippen molar-refractivity contribution in [1.29, 1.82) is 0 Å². The smallest absolute Gasteiger partial charge is 0.335 e. The van der Waals surface area contributed by atoms with Crippen molar-refractivity contribution in [2.75, 3.05) is 6.61 Å². The van der Waals surface area contributed by atoms with Crippen LogP contribution in [-0.2, 0) is 4.74 Å². The molecule has 0 aliphatic heterocycles. The first-order chi connectivity index (χ1) is 7.04. The van der Waals surface area contributed by atoms with Crippen molar-refractivity contribution in [2.45, 2.75) is 20.0 Å². The number of carboxylic acids is 1. The van der Waals surface area contributed by atoms with Crippen LogP contribution in [-0.4, -0.2) is 17.7 Å². The zero-order valence-corrected chi connectivity index (χ0v) is 8.66. The molecule has 1 atom stereocenters. The summed E-state index contributed by atoms with van der Waals surface area (Å²) in [6.07, 6.45) is -0.302. The van der Waals surface area contributed by atoms with Crippen molar-refractivity contribution >= 4 is 5.97 Å². The molecule has 0 saturated carbocycles. The van der Waals surface area contributed by atoms with Gasteiger partial charge >= 0.3 is 5.97 Å². The number of carboxylic acid groups (broad SMARTS) is 1. The zero-order valence-electron chi connectivity index (χ0n) is 8.66. The molecule has 82 valence electrons. The fraction of sp³-hybridized carbons (Fsp3) is 0.364. The predicted octanol–water partition coefficient (Wildman–Crippen LogP) is 2.62. The highest BCUT2D eigenvalue weighted by Crippen LogP contribution is 2.19. The van der Waals surface area contributed by atoms with Gasteiger partial charge in [0.25, 0.3) is 0 Å². The second-order valence-corrected chi connectivity index (χ2v) is 3.18. The Hall–Kier alpha value is -1.42. The van der Waals surface area contributed by atoms with E-state index in [1.165, 1.54) is 12.1 Å². The summed E-state index contributed by atoms with van der Waals surface area (Å²) in [6, 6.07) is 3.70. The molecule has 0 fully saturated rings. The molecule has 1 aromatic rings. The van der Waals surface area contributed by atoms with Gasteiger partial charge in [0, 0.05) is 6.61 Å². The number of ether oxygens (including phenoxy) is 1. The Labute approximate surface area is 87.5 Å². The van der Waals surface area contributed by atoms with Gasteiger partial charge in [0.1, 0.15) is 5.82 Å². The lowest BCUT2D eigenvalue weighted by Crippen LogP contribution is -2.04. The average molecular weight is 212 g/mol. The number of aromatic carboxylic acids is 1. The van der Waals surface area contributed by atoms with E-state index in [1.54, 1.807) is 6.92 Å². The van der Waals surface area contributed by atoms with Gasteiger partial charge in [-0.1, -0.05) is 0 Å². The minimum atomic E-state index is -1.14. The number of carbonyl (C=O) groups is 1. The van der Waals surface area contributed by atoms with E-state index in [0.29, 0.717) is 12.2 Å². The number of rotatable bonds is 4. The molecule has 1 rings (SSSR count). The zero-order chi connectivity index (χ0) is 11.4. The maximum absolute atomic E-state index is 13.1. The highest BCUT2D eigenvalue weighted by molar-refractivity contribution is 5.87. The lowest BCUT2D eigenvalue weighted by molar-refractivity contribution is 0.0691. The van der Waals surface area contributed by atoms with E-state index in [0.717, 1.165) is 6.07 Å². The van der Waals surface area contributed by atoms with Crippen molar-refractivity contribution in [3.63, 3.8) is 0 Å². The molecule has 0 saturated heterocycles. The number of hydrogen-bond acceptors (Lipinski definition) is 2. The van der Waals surface area contributed by atoms with E-state index in [1.807, 2.05) is 6.92 Å². The molecule has 0 aliphatic rings. The average Bonchev–Trinajstić information content (AvgIpc) is 2.17. The van der Waals surface area contributed by atoms with Crippen molar-refractivity contribution in [3.8, 4) is 0 Å². The van der Waals surface area contributed by atoms with Gasteiger partial charge in [-0.3, -0.25) is 0 Å². The molecule has 4 heteroatoms. The van der Waals surface area contributed by atoms with Crippen LogP contribution in [0.4, 0.5) is 4.39 Å². The fourth-order valence-electron chi connectivity index (χ4n) is 1.32. The van der Waals surface area contributed by atoms with E-state index in [-0.39, 0.29) is 11.7 Å². The van der Waals surface area contributed by atoms with E-state index < -0.39 is 11.8 Å². The molecule has 1 N–H and O–H groups in total. The SMILES string of the molecule is CCO[C@H](C)c1cc(F)cc(C(=O)O)c1. The van der Waals surface area contributed by atoms with Crippen LogP contribution in [0, 0.1) is 5.82 Å². The molecule has 0 unspecified atom stereocenters. The van der Waals surface area contributed by atoms with E-state index in [9.17, 15) is 9.18 Å². The van der Waals surface area contributed by atoms with Crippen LogP contribution in [0.25, 0.3) is 0 Å². The summed E-state index contributed by atoms with van der Waals surface area (Å²) in [5, 5.41) is 8.74. The molecule has 0 spiro atoms. The van der Waals surface area contributed by atoms with Crippen LogP contribution in [0.1, 0.15) is 35.9 Å². The Morgan fingerprint density at radius 1 is 1.53 bits per heavy atom. The maximum atomic E-state index is 13.1. The van der Waals surface area contributed by atoms with Gasteiger partial charge in [0.15, 0.2) is 0 Å². The summed E-state index contributed by atoms with van der Waals surface area (Å²) in [5.74, 6) is -1.70. The fourth-order valence-corrected chi connectivity index (χ4v) is 1.32. The standard InChI is InChI=1S/C11H13FO3/c1-3-15-7(2)8-4-9(11(13)14)6-10(12)5-8/h4-7H,3H2,1-2H3,(H,13,14)/t7-/m1/s1. The topological polar surface area (TPSA) is 46.5 Å². The van der Waals surface area contributed by atoms with Crippen LogP contribution in [0.15, 0.2) is 18.2 Å². The predicted molar refractivity (Wildman–Crippen MR) is 53.4 cm³/mol. The Balaban J connectivity index is 3.03. The summed E-state index contributed by atoms with van der Waals surface area (Å²) in [7, 11) is 0. The van der Waals surface area contributed by atoms with Gasteiger partial charge in [-0.05, 0) is 37.6 Å². The maximum Gasteiger partial charge on any atom is 0.335 e. The first kappa shape index (κ1) is 11.7. The van der Waals surface area contributed by atoms with Gasteiger partial charge in [-0.2, -0.15) is 0 Å². The van der Waals surface area contributed by atoms with Crippen molar-refractivity contribution in [3.05, 3.63) is 35.1 Å². The van der Waals surface area contributed by atoms with Gasteiger partial charge in [0.05, 0.1) is 11.7 Å². The molecule has 0 aliphatic carbocycles. The van der Waals surface area contributed by atoms with Crippen LogP contribution in [0.2, 0.25) is 0 Å². The normalized spacial score (nSPS) is 12.5. The third kappa shape index (κ3) is 3.02. The number of benzene rings is 1. The Kier molecular flexibility index (Phi) is 3.80. The lowest BCUT2D eigenvalue weighted by atomic mass is 10.1. The molecule has 0 amide bonds. The highest BCUT2D eigenvalue weighted by Gasteiger charge is 2.11. The van der Waals surface area contributed by atoms with Crippen LogP contribution in [0.3, 0.4) is 0 Å². The Bertz CT molecular complexity index is 363. The largest absolute Gasteiger partial charge is 0.478 e. The molecule has 3 nitrogen and oxygen atoms in total. The van der Waals surface area contributed by atoms with Crippen molar-refractivity contribution < 1.29 is 19.0 Å². The molecule has 0 bridgehead atoms. The number of hydrogen-bond donors (Lipinski definition) is 1. The second kappa shape index (κ2) is 4.89. The quantitative estimate of drug-likeness (QED) is 0.834. The molecular weight excluding hydrogens is 199 g/mol. The third-order valence-electron chi connectivity index (χ3n) is 2.05. The molecule has 15 heavy (non-hydrogen) atoms. The lowest BCUT2D eigenvalue weighted by Gasteiger charge is -2.12. The molecule has 0 radical (unpaired) electrons. The summed E-state index contributed by atoms with van der Waals surface area (Å²) in [6.45, 7) is 4.08. The second-order valence-electron chi connectivity index (χ2n) is 3.18. The first-order valence-electron chi connectivity index (χ1n) is 4.70. The minimum Gasteiger partial charge on any atom is -0.478 e. The first-order valence-corrected chi connectivity index (χ1v) is 4.70. The van der Waals surface area contributed by atoms with Crippen molar-refractivity contribution in [1.82, 2.24) is 0 Å². The van der Waals surface area contributed by atoms with Crippen LogP contribution >= 0.6 is 0 Å². The van der Waals surface area contributed by atoms with Crippen LogP contribution in [0.5, 0.6) is 0 Å².